The van der Waals surface area contributed by atoms with E-state index in [1.807, 2.05) is 0 Å². The molecule has 0 spiro atoms. The van der Waals surface area contributed by atoms with Crippen LogP contribution in [0, 0.1) is 5.92 Å². The van der Waals surface area contributed by atoms with Crippen LogP contribution in [0.15, 0.2) is 0 Å². The van der Waals surface area contributed by atoms with Crippen molar-refractivity contribution in [3.8, 4) is 0 Å². The van der Waals surface area contributed by atoms with E-state index in [0.29, 0.717) is 6.54 Å². The highest BCUT2D eigenvalue weighted by molar-refractivity contribution is 5.78. The number of amides is 1. The molecule has 92 valence electrons. The third kappa shape index (κ3) is 3.46. The summed E-state index contributed by atoms with van der Waals surface area (Å²) in [5, 5.41) is 6.30. The number of nitrogens with one attached hydrogen (secondary N) is 2. The highest BCUT2D eigenvalue weighted by Gasteiger charge is 2.22. The lowest BCUT2D eigenvalue weighted by Gasteiger charge is -2.25. The first kappa shape index (κ1) is 11.9. The summed E-state index contributed by atoms with van der Waals surface area (Å²) < 4.78 is 5.59. The van der Waals surface area contributed by atoms with Crippen LogP contribution >= 0.6 is 0 Å². The monoisotopic (exact) mass is 226 g/mol. The average Bonchev–Trinajstić information content (AvgIpc) is 2.38. The lowest BCUT2D eigenvalue weighted by molar-refractivity contribution is -0.126. The molecule has 0 saturated carbocycles. The molecule has 2 aliphatic rings. The second-order valence-electron chi connectivity index (χ2n) is 4.76. The molecule has 16 heavy (non-hydrogen) atoms. The van der Waals surface area contributed by atoms with Gasteiger partial charge in [0.05, 0.1) is 6.10 Å². The standard InChI is InChI=1S/C12H22N2O2/c15-12(10-4-6-13-7-5-10)14-9-11-3-1-2-8-16-11/h10-11,13H,1-9H2,(H,14,15). The summed E-state index contributed by atoms with van der Waals surface area (Å²) in [4.78, 5) is 11.8. The van der Waals surface area contributed by atoms with E-state index in [-0.39, 0.29) is 17.9 Å². The Hall–Kier alpha value is -0.610. The van der Waals surface area contributed by atoms with Gasteiger partial charge in [-0.25, -0.2) is 0 Å². The zero-order valence-corrected chi connectivity index (χ0v) is 9.84. The zero-order chi connectivity index (χ0) is 11.2. The van der Waals surface area contributed by atoms with Crippen molar-refractivity contribution < 1.29 is 9.53 Å². The van der Waals surface area contributed by atoms with E-state index in [4.69, 9.17) is 4.74 Å². The van der Waals surface area contributed by atoms with Gasteiger partial charge >= 0.3 is 0 Å². The molecule has 4 heteroatoms. The van der Waals surface area contributed by atoms with Crippen LogP contribution in [0.2, 0.25) is 0 Å². The summed E-state index contributed by atoms with van der Waals surface area (Å²) in [6, 6.07) is 0. The quantitative estimate of drug-likeness (QED) is 0.743. The first-order chi connectivity index (χ1) is 7.86. The number of hydrogen-bond donors (Lipinski definition) is 2. The fourth-order valence-corrected chi connectivity index (χ4v) is 2.41. The summed E-state index contributed by atoms with van der Waals surface area (Å²) in [5.74, 6) is 0.431. The van der Waals surface area contributed by atoms with Crippen LogP contribution in [0.1, 0.15) is 32.1 Å². The maximum Gasteiger partial charge on any atom is 0.223 e. The average molecular weight is 226 g/mol. The van der Waals surface area contributed by atoms with Gasteiger partial charge in [0.1, 0.15) is 0 Å². The van der Waals surface area contributed by atoms with Gasteiger partial charge in [0.25, 0.3) is 0 Å². The molecule has 2 rings (SSSR count). The summed E-state index contributed by atoms with van der Waals surface area (Å²) in [6.45, 7) is 3.49. The molecule has 0 aromatic heterocycles. The molecule has 0 aromatic rings. The molecule has 2 fully saturated rings. The van der Waals surface area contributed by atoms with Crippen molar-refractivity contribution in [3.05, 3.63) is 0 Å². The highest BCUT2D eigenvalue weighted by Crippen LogP contribution is 2.14. The van der Waals surface area contributed by atoms with Gasteiger partial charge < -0.3 is 15.4 Å². The Morgan fingerprint density at radius 2 is 2.06 bits per heavy atom. The summed E-state index contributed by atoms with van der Waals surface area (Å²) in [6.07, 6.45) is 5.67. The highest BCUT2D eigenvalue weighted by atomic mass is 16.5. The van der Waals surface area contributed by atoms with Crippen LogP contribution in [-0.2, 0) is 9.53 Å². The largest absolute Gasteiger partial charge is 0.376 e. The maximum absolute atomic E-state index is 11.8. The minimum atomic E-state index is 0.213. The molecule has 0 bridgehead atoms. The third-order valence-electron chi connectivity index (χ3n) is 3.49. The fourth-order valence-electron chi connectivity index (χ4n) is 2.41. The predicted octanol–water partition coefficient (Wildman–Crippen LogP) is 0.671. The Bertz CT molecular complexity index is 221. The van der Waals surface area contributed by atoms with Crippen LogP contribution in [-0.4, -0.2) is 38.3 Å². The number of rotatable bonds is 3. The van der Waals surface area contributed by atoms with Crippen molar-refractivity contribution >= 4 is 5.91 Å². The number of hydrogen-bond acceptors (Lipinski definition) is 3. The molecule has 1 atom stereocenters. The lowest BCUT2D eigenvalue weighted by Crippen LogP contribution is -2.42. The van der Waals surface area contributed by atoms with Crippen molar-refractivity contribution in [2.45, 2.75) is 38.2 Å². The van der Waals surface area contributed by atoms with E-state index in [1.54, 1.807) is 0 Å². The van der Waals surface area contributed by atoms with Crippen LogP contribution in [0.4, 0.5) is 0 Å². The Morgan fingerprint density at radius 3 is 2.75 bits per heavy atom. The van der Waals surface area contributed by atoms with E-state index in [0.717, 1.165) is 39.0 Å². The molecule has 0 radical (unpaired) electrons. The van der Waals surface area contributed by atoms with E-state index >= 15 is 0 Å². The minimum Gasteiger partial charge on any atom is -0.376 e. The first-order valence-electron chi connectivity index (χ1n) is 6.46. The molecular weight excluding hydrogens is 204 g/mol. The number of ether oxygens (including phenoxy) is 1. The van der Waals surface area contributed by atoms with Crippen LogP contribution in [0.25, 0.3) is 0 Å². The summed E-state index contributed by atoms with van der Waals surface area (Å²) >= 11 is 0. The smallest absolute Gasteiger partial charge is 0.223 e. The van der Waals surface area contributed by atoms with E-state index in [9.17, 15) is 4.79 Å². The van der Waals surface area contributed by atoms with E-state index in [1.165, 1.54) is 12.8 Å². The molecular formula is C12H22N2O2. The van der Waals surface area contributed by atoms with Crippen molar-refractivity contribution in [2.24, 2.45) is 5.92 Å². The van der Waals surface area contributed by atoms with Gasteiger partial charge in [-0.1, -0.05) is 0 Å². The van der Waals surface area contributed by atoms with E-state index < -0.39 is 0 Å². The second-order valence-corrected chi connectivity index (χ2v) is 4.76. The molecule has 4 nitrogen and oxygen atoms in total. The van der Waals surface area contributed by atoms with Gasteiger partial charge in [-0.3, -0.25) is 4.79 Å². The molecule has 1 amide bonds. The Kier molecular flexibility index (Phi) is 4.60. The number of carbonyl (C=O) groups is 1. The third-order valence-corrected chi connectivity index (χ3v) is 3.49. The fraction of sp³-hybridized carbons (Fsp3) is 0.917. The van der Waals surface area contributed by atoms with Crippen molar-refractivity contribution in [3.63, 3.8) is 0 Å². The summed E-state index contributed by atoms with van der Waals surface area (Å²) in [7, 11) is 0. The van der Waals surface area contributed by atoms with Gasteiger partial charge in [0.2, 0.25) is 5.91 Å². The summed E-state index contributed by atoms with van der Waals surface area (Å²) in [5.41, 5.74) is 0. The van der Waals surface area contributed by atoms with Gasteiger partial charge in [-0.15, -0.1) is 0 Å². The molecule has 1 unspecified atom stereocenters. The number of piperidine rings is 1. The Balaban J connectivity index is 1.65. The van der Waals surface area contributed by atoms with Crippen molar-refractivity contribution in [1.29, 1.82) is 0 Å². The molecule has 2 saturated heterocycles. The maximum atomic E-state index is 11.8. The predicted molar refractivity (Wildman–Crippen MR) is 62.2 cm³/mol. The Labute approximate surface area is 97.1 Å². The SMILES string of the molecule is O=C(NCC1CCCCO1)C1CCNCC1. The van der Waals surface area contributed by atoms with Gasteiger partial charge in [0.15, 0.2) is 0 Å². The Morgan fingerprint density at radius 1 is 1.25 bits per heavy atom. The topological polar surface area (TPSA) is 50.4 Å². The van der Waals surface area contributed by atoms with Crippen molar-refractivity contribution in [1.82, 2.24) is 10.6 Å². The normalized spacial score (nSPS) is 27.6. The van der Waals surface area contributed by atoms with Gasteiger partial charge in [0, 0.05) is 19.1 Å². The minimum absolute atomic E-state index is 0.213. The first-order valence-corrected chi connectivity index (χ1v) is 6.46. The van der Waals surface area contributed by atoms with Crippen LogP contribution in [0.5, 0.6) is 0 Å². The van der Waals surface area contributed by atoms with Crippen LogP contribution < -0.4 is 10.6 Å². The lowest BCUT2D eigenvalue weighted by atomic mass is 9.97. The van der Waals surface area contributed by atoms with Crippen LogP contribution in [0.3, 0.4) is 0 Å². The molecule has 2 heterocycles. The van der Waals surface area contributed by atoms with Gasteiger partial charge in [-0.05, 0) is 45.2 Å². The van der Waals surface area contributed by atoms with Crippen molar-refractivity contribution in [2.75, 3.05) is 26.2 Å². The second kappa shape index (κ2) is 6.21. The molecule has 2 N–H and O–H groups in total. The molecule has 2 aliphatic heterocycles. The zero-order valence-electron chi connectivity index (χ0n) is 9.84. The van der Waals surface area contributed by atoms with Gasteiger partial charge in [-0.2, -0.15) is 0 Å². The number of carbonyl (C=O) groups excluding carboxylic acids is 1. The molecule has 0 aromatic carbocycles. The molecule has 0 aliphatic carbocycles. The van der Waals surface area contributed by atoms with E-state index in [2.05, 4.69) is 10.6 Å².